The minimum Gasteiger partial charge on any atom is -0.496 e. The maximum Gasteiger partial charge on any atom is 0.154 e. The Morgan fingerprint density at radius 3 is 2.65 bits per heavy atom. The van der Waals surface area contributed by atoms with Gasteiger partial charge in [0.1, 0.15) is 5.75 Å². The van der Waals surface area contributed by atoms with Gasteiger partial charge in [0.15, 0.2) is 5.78 Å². The first-order valence-electron chi connectivity index (χ1n) is 5.56. The number of carbonyl (C=O) groups excluding carboxylic acids is 1. The fourth-order valence-corrected chi connectivity index (χ4v) is 1.97. The Hall–Kier alpha value is -0.870. The minimum absolute atomic E-state index is 0.0383. The van der Waals surface area contributed by atoms with E-state index in [1.54, 1.807) is 7.11 Å². The largest absolute Gasteiger partial charge is 0.496 e. The molecule has 0 heterocycles. The zero-order chi connectivity index (χ0) is 13.0. The van der Waals surface area contributed by atoms with E-state index in [0.29, 0.717) is 6.42 Å². The first-order chi connectivity index (χ1) is 7.95. The molecule has 0 aliphatic heterocycles. The second kappa shape index (κ2) is 6.17. The number of halogens is 1. The molecule has 1 aromatic rings. The summed E-state index contributed by atoms with van der Waals surface area (Å²) >= 11 is 3.38. The van der Waals surface area contributed by atoms with Gasteiger partial charge in [-0.1, -0.05) is 29.8 Å². The summed E-state index contributed by atoms with van der Waals surface area (Å²) in [6.45, 7) is 3.89. The fraction of sp³-hybridized carbons (Fsp3) is 0.462. The Balaban J connectivity index is 2.87. The quantitative estimate of drug-likeness (QED) is 0.909. The molecule has 0 aromatic heterocycles. The molecule has 17 heavy (non-hydrogen) atoms. The summed E-state index contributed by atoms with van der Waals surface area (Å²) in [6, 6.07) is 5.20. The van der Waals surface area contributed by atoms with Crippen LogP contribution in [0.25, 0.3) is 0 Å². The molecule has 1 rings (SSSR count). The van der Waals surface area contributed by atoms with Crippen LogP contribution in [0.4, 0.5) is 0 Å². The van der Waals surface area contributed by atoms with E-state index in [4.69, 9.17) is 10.5 Å². The highest BCUT2D eigenvalue weighted by atomic mass is 79.9. The van der Waals surface area contributed by atoms with Crippen molar-refractivity contribution in [1.29, 1.82) is 0 Å². The third kappa shape index (κ3) is 3.82. The molecule has 0 bridgehead atoms. The van der Waals surface area contributed by atoms with E-state index in [1.807, 2.05) is 32.0 Å². The van der Waals surface area contributed by atoms with Crippen LogP contribution in [0.2, 0.25) is 0 Å². The van der Waals surface area contributed by atoms with E-state index >= 15 is 0 Å². The summed E-state index contributed by atoms with van der Waals surface area (Å²) in [7, 11) is 1.60. The normalized spacial score (nSPS) is 12.6. The SMILES string of the molecule is COc1ccc(Br)cc1CC(=O)C(N)C(C)C. The molecule has 0 saturated carbocycles. The van der Waals surface area contributed by atoms with Crippen molar-refractivity contribution in [3.8, 4) is 5.75 Å². The first-order valence-corrected chi connectivity index (χ1v) is 6.35. The number of carbonyl (C=O) groups is 1. The zero-order valence-corrected chi connectivity index (χ0v) is 12.0. The minimum atomic E-state index is -0.418. The number of ether oxygens (including phenoxy) is 1. The summed E-state index contributed by atoms with van der Waals surface area (Å²) in [4.78, 5) is 11.9. The molecule has 1 aromatic carbocycles. The summed E-state index contributed by atoms with van der Waals surface area (Å²) < 4.78 is 6.16. The smallest absolute Gasteiger partial charge is 0.154 e. The lowest BCUT2D eigenvalue weighted by atomic mass is 9.96. The van der Waals surface area contributed by atoms with Gasteiger partial charge in [-0.2, -0.15) is 0 Å². The Morgan fingerprint density at radius 2 is 2.12 bits per heavy atom. The van der Waals surface area contributed by atoms with E-state index in [9.17, 15) is 4.79 Å². The van der Waals surface area contributed by atoms with E-state index < -0.39 is 6.04 Å². The van der Waals surface area contributed by atoms with Gasteiger partial charge in [0.2, 0.25) is 0 Å². The van der Waals surface area contributed by atoms with Crippen LogP contribution >= 0.6 is 15.9 Å². The molecule has 1 atom stereocenters. The van der Waals surface area contributed by atoms with Crippen LogP contribution in [0.15, 0.2) is 22.7 Å². The lowest BCUT2D eigenvalue weighted by Gasteiger charge is -2.15. The average molecular weight is 300 g/mol. The number of hydrogen-bond acceptors (Lipinski definition) is 3. The number of nitrogens with two attached hydrogens (primary N) is 1. The summed E-state index contributed by atoms with van der Waals surface area (Å²) in [6.07, 6.45) is 0.308. The third-order valence-electron chi connectivity index (χ3n) is 2.70. The zero-order valence-electron chi connectivity index (χ0n) is 10.4. The summed E-state index contributed by atoms with van der Waals surface area (Å²) in [5, 5.41) is 0. The molecule has 94 valence electrons. The fourth-order valence-electron chi connectivity index (χ4n) is 1.56. The number of hydrogen-bond donors (Lipinski definition) is 1. The summed E-state index contributed by atoms with van der Waals surface area (Å²) in [5.41, 5.74) is 6.70. The molecule has 3 nitrogen and oxygen atoms in total. The topological polar surface area (TPSA) is 52.3 Å². The average Bonchev–Trinajstić information content (AvgIpc) is 2.28. The van der Waals surface area contributed by atoms with Crippen molar-refractivity contribution in [2.45, 2.75) is 26.3 Å². The van der Waals surface area contributed by atoms with Crippen molar-refractivity contribution in [3.05, 3.63) is 28.2 Å². The van der Waals surface area contributed by atoms with E-state index in [1.165, 1.54) is 0 Å². The second-order valence-electron chi connectivity index (χ2n) is 4.37. The Kier molecular flexibility index (Phi) is 5.15. The lowest BCUT2D eigenvalue weighted by Crippen LogP contribution is -2.36. The molecule has 0 aliphatic rings. The Bertz CT molecular complexity index is 404. The van der Waals surface area contributed by atoms with E-state index in [2.05, 4.69) is 15.9 Å². The molecular weight excluding hydrogens is 282 g/mol. The van der Waals surface area contributed by atoms with Crippen molar-refractivity contribution >= 4 is 21.7 Å². The molecule has 1 unspecified atom stereocenters. The van der Waals surface area contributed by atoms with E-state index in [0.717, 1.165) is 15.8 Å². The molecule has 0 amide bonds. The van der Waals surface area contributed by atoms with Gasteiger partial charge in [-0.3, -0.25) is 4.79 Å². The molecule has 0 radical (unpaired) electrons. The first kappa shape index (κ1) is 14.2. The predicted molar refractivity (Wildman–Crippen MR) is 72.2 cm³/mol. The summed E-state index contributed by atoms with van der Waals surface area (Å²) in [5.74, 6) is 0.912. The maximum absolute atomic E-state index is 11.9. The molecule has 0 saturated heterocycles. The van der Waals surface area contributed by atoms with Crippen LogP contribution in [-0.4, -0.2) is 18.9 Å². The highest BCUT2D eigenvalue weighted by molar-refractivity contribution is 9.10. The molecule has 2 N–H and O–H groups in total. The van der Waals surface area contributed by atoms with Gasteiger partial charge in [0.25, 0.3) is 0 Å². The van der Waals surface area contributed by atoms with Crippen molar-refractivity contribution in [3.63, 3.8) is 0 Å². The maximum atomic E-state index is 11.9. The Labute approximate surface area is 110 Å². The molecule has 0 spiro atoms. The number of benzene rings is 1. The van der Waals surface area contributed by atoms with Crippen LogP contribution in [-0.2, 0) is 11.2 Å². The molecular formula is C13H18BrNO2. The lowest BCUT2D eigenvalue weighted by molar-refractivity contribution is -0.120. The van der Waals surface area contributed by atoms with Gasteiger partial charge in [0, 0.05) is 16.5 Å². The molecule has 0 aliphatic carbocycles. The predicted octanol–water partition coefficient (Wildman–Crippen LogP) is 2.55. The van der Waals surface area contributed by atoms with Gasteiger partial charge in [-0.15, -0.1) is 0 Å². The number of methoxy groups -OCH3 is 1. The number of Topliss-reactive ketones (excluding diaryl/α,β-unsaturated/α-hetero) is 1. The molecule has 0 fully saturated rings. The van der Waals surface area contributed by atoms with Crippen LogP contribution in [0.3, 0.4) is 0 Å². The highest BCUT2D eigenvalue weighted by Gasteiger charge is 2.19. The third-order valence-corrected chi connectivity index (χ3v) is 3.19. The highest BCUT2D eigenvalue weighted by Crippen LogP contribution is 2.24. The second-order valence-corrected chi connectivity index (χ2v) is 5.28. The van der Waals surface area contributed by atoms with Gasteiger partial charge < -0.3 is 10.5 Å². The number of ketones is 1. The van der Waals surface area contributed by atoms with Crippen LogP contribution < -0.4 is 10.5 Å². The van der Waals surface area contributed by atoms with Crippen LogP contribution in [0.1, 0.15) is 19.4 Å². The van der Waals surface area contributed by atoms with Gasteiger partial charge in [0.05, 0.1) is 13.2 Å². The van der Waals surface area contributed by atoms with Crippen molar-refractivity contribution < 1.29 is 9.53 Å². The van der Waals surface area contributed by atoms with Crippen LogP contribution in [0.5, 0.6) is 5.75 Å². The Morgan fingerprint density at radius 1 is 1.47 bits per heavy atom. The van der Waals surface area contributed by atoms with Gasteiger partial charge in [-0.05, 0) is 24.1 Å². The monoisotopic (exact) mass is 299 g/mol. The van der Waals surface area contributed by atoms with Gasteiger partial charge >= 0.3 is 0 Å². The standard InChI is InChI=1S/C13H18BrNO2/c1-8(2)13(15)11(16)7-9-6-10(14)4-5-12(9)17-3/h4-6,8,13H,7,15H2,1-3H3. The number of rotatable bonds is 5. The van der Waals surface area contributed by atoms with E-state index in [-0.39, 0.29) is 11.7 Å². The van der Waals surface area contributed by atoms with Crippen molar-refractivity contribution in [2.24, 2.45) is 11.7 Å². The van der Waals surface area contributed by atoms with Crippen molar-refractivity contribution in [1.82, 2.24) is 0 Å². The van der Waals surface area contributed by atoms with Crippen LogP contribution in [0, 0.1) is 5.92 Å². The van der Waals surface area contributed by atoms with Crippen molar-refractivity contribution in [2.75, 3.05) is 7.11 Å². The van der Waals surface area contributed by atoms with Gasteiger partial charge in [-0.25, -0.2) is 0 Å². The molecule has 4 heteroatoms.